The topological polar surface area (TPSA) is 92.4 Å². The Kier molecular flexibility index (Phi) is 5.23. The van der Waals surface area contributed by atoms with E-state index >= 15 is 0 Å². The lowest BCUT2D eigenvalue weighted by atomic mass is 9.87. The molecule has 1 aliphatic rings. The molecule has 4 rings (SSSR count). The number of para-hydroxylation sites is 1. The molecule has 1 atom stereocenters. The van der Waals surface area contributed by atoms with Crippen LogP contribution >= 0.6 is 0 Å². The van der Waals surface area contributed by atoms with E-state index in [-0.39, 0.29) is 0 Å². The van der Waals surface area contributed by atoms with Gasteiger partial charge in [0, 0.05) is 5.56 Å². The lowest BCUT2D eigenvalue weighted by Crippen LogP contribution is -2.21. The van der Waals surface area contributed by atoms with Gasteiger partial charge in [0.1, 0.15) is 0 Å². The molecule has 2 aromatic carbocycles. The Balaban J connectivity index is 1.87. The molecular formula is C24H22N2O4. The van der Waals surface area contributed by atoms with Gasteiger partial charge in [-0.25, -0.2) is 9.48 Å². The van der Waals surface area contributed by atoms with Gasteiger partial charge in [-0.1, -0.05) is 49.4 Å². The average Bonchev–Trinajstić information content (AvgIpc) is 2.73. The van der Waals surface area contributed by atoms with Gasteiger partial charge in [-0.15, -0.1) is 0 Å². The smallest absolute Gasteiger partial charge is 0.360 e. The van der Waals surface area contributed by atoms with Crippen LogP contribution in [0.4, 0.5) is 0 Å². The highest BCUT2D eigenvalue weighted by Crippen LogP contribution is 2.33. The Morgan fingerprint density at radius 2 is 2.00 bits per heavy atom. The summed E-state index contributed by atoms with van der Waals surface area (Å²) in [6.45, 7) is 2.24. The number of hydrogen-bond acceptors (Lipinski definition) is 4. The first-order valence-electron chi connectivity index (χ1n) is 9.92. The van der Waals surface area contributed by atoms with Gasteiger partial charge in [0.05, 0.1) is 11.9 Å². The average molecular weight is 402 g/mol. The molecule has 0 aliphatic heterocycles. The predicted molar refractivity (Wildman–Crippen MR) is 115 cm³/mol. The number of aromatic nitrogens is 2. The third-order valence-corrected chi connectivity index (χ3v) is 5.49. The molecule has 3 aromatic rings. The number of benzene rings is 2. The van der Waals surface area contributed by atoms with Crippen LogP contribution < -0.4 is 5.43 Å². The summed E-state index contributed by atoms with van der Waals surface area (Å²) in [5.41, 5.74) is 3.07. The van der Waals surface area contributed by atoms with Crippen molar-refractivity contribution < 1.29 is 15.0 Å². The highest BCUT2D eigenvalue weighted by Gasteiger charge is 2.18. The minimum atomic E-state index is -1.48. The van der Waals surface area contributed by atoms with E-state index in [1.54, 1.807) is 12.1 Å². The molecule has 0 unspecified atom stereocenters. The third kappa shape index (κ3) is 3.64. The van der Waals surface area contributed by atoms with Gasteiger partial charge < -0.3 is 10.2 Å². The molecular weight excluding hydrogens is 380 g/mol. The van der Waals surface area contributed by atoms with Gasteiger partial charge in [-0.05, 0) is 54.0 Å². The zero-order chi connectivity index (χ0) is 21.3. The van der Waals surface area contributed by atoms with Crippen LogP contribution in [0.5, 0.6) is 5.75 Å². The number of fused-ring (bicyclic) bond motifs is 1. The quantitative estimate of drug-likeness (QED) is 0.668. The number of carboxylic acid groups (broad SMARTS) is 1. The molecule has 0 spiro atoms. The zero-order valence-corrected chi connectivity index (χ0v) is 16.6. The number of carboxylic acids is 1. The van der Waals surface area contributed by atoms with Crippen LogP contribution in [0.2, 0.25) is 0 Å². The van der Waals surface area contributed by atoms with Crippen LogP contribution in [0, 0.1) is 0 Å². The minimum Gasteiger partial charge on any atom is -0.503 e. The Bertz CT molecular complexity index is 1210. The van der Waals surface area contributed by atoms with Crippen LogP contribution in [-0.2, 0) is 0 Å². The van der Waals surface area contributed by atoms with Crippen molar-refractivity contribution in [2.45, 2.75) is 32.1 Å². The maximum atomic E-state index is 11.9. The van der Waals surface area contributed by atoms with Gasteiger partial charge in [0.15, 0.2) is 5.75 Å². The van der Waals surface area contributed by atoms with Crippen LogP contribution in [0.15, 0.2) is 59.5 Å². The monoisotopic (exact) mass is 402 g/mol. The second kappa shape index (κ2) is 7.99. The van der Waals surface area contributed by atoms with Gasteiger partial charge >= 0.3 is 5.97 Å². The molecule has 1 aliphatic carbocycles. The summed E-state index contributed by atoms with van der Waals surface area (Å²) in [5, 5.41) is 23.2. The molecule has 0 radical (unpaired) electrons. The van der Waals surface area contributed by atoms with E-state index in [4.69, 9.17) is 0 Å². The van der Waals surface area contributed by atoms with E-state index in [0.29, 0.717) is 11.6 Å². The molecule has 2 N–H and O–H groups in total. The number of rotatable bonds is 3. The lowest BCUT2D eigenvalue weighted by Gasteiger charge is -2.19. The molecule has 0 amide bonds. The van der Waals surface area contributed by atoms with Gasteiger partial charge in [-0.2, -0.15) is 5.10 Å². The number of nitrogens with zero attached hydrogens (tertiary/aromatic N) is 2. The van der Waals surface area contributed by atoms with E-state index in [0.717, 1.165) is 35.7 Å². The van der Waals surface area contributed by atoms with Gasteiger partial charge in [0.25, 0.3) is 5.43 Å². The summed E-state index contributed by atoms with van der Waals surface area (Å²) in [6.07, 6.45) is 8.87. The first kappa shape index (κ1) is 19.6. The fourth-order valence-electron chi connectivity index (χ4n) is 3.90. The number of carbonyl (C=O) groups is 1. The van der Waals surface area contributed by atoms with Crippen molar-refractivity contribution >= 4 is 12.0 Å². The van der Waals surface area contributed by atoms with E-state index in [2.05, 4.69) is 36.3 Å². The first-order chi connectivity index (χ1) is 14.5. The maximum absolute atomic E-state index is 11.9. The molecule has 6 nitrogen and oxygen atoms in total. The molecule has 0 bridgehead atoms. The maximum Gasteiger partial charge on any atom is 0.360 e. The molecule has 152 valence electrons. The standard InChI is InChI=1S/C24H22N2O4/c1-15-7-3-2-4-8-16-13-17(11-12-18(15)16)19-9-5-6-10-20(19)26-14-21(27)23(28)22(25-26)24(29)30/h4-6,8-15,27H,2-3,7H2,1H3,(H,29,30)/b8-4-/t15-/m0/s1. The number of aromatic carboxylic acids is 1. The predicted octanol–water partition coefficient (Wildman–Crippen LogP) is 4.60. The third-order valence-electron chi connectivity index (χ3n) is 5.49. The summed E-state index contributed by atoms with van der Waals surface area (Å²) >= 11 is 0. The molecule has 0 saturated carbocycles. The highest BCUT2D eigenvalue weighted by atomic mass is 16.4. The molecule has 0 fully saturated rings. The van der Waals surface area contributed by atoms with Crippen molar-refractivity contribution in [1.29, 1.82) is 0 Å². The van der Waals surface area contributed by atoms with Crippen molar-refractivity contribution in [3.63, 3.8) is 0 Å². The summed E-state index contributed by atoms with van der Waals surface area (Å²) in [5.74, 6) is -1.67. The summed E-state index contributed by atoms with van der Waals surface area (Å²) in [7, 11) is 0. The normalized spacial score (nSPS) is 16.9. The number of hydrogen-bond donors (Lipinski definition) is 2. The first-order valence-corrected chi connectivity index (χ1v) is 9.92. The SMILES string of the molecule is C[C@H]1CCC/C=C\c2cc(-c3ccccc3-n3cc(O)c(=O)c(C(=O)O)n3)ccc21. The Labute approximate surface area is 173 Å². The van der Waals surface area contributed by atoms with Gasteiger partial charge in [0.2, 0.25) is 5.69 Å². The van der Waals surface area contributed by atoms with Crippen molar-refractivity contribution in [1.82, 2.24) is 9.78 Å². The number of allylic oxidation sites excluding steroid dienone is 1. The van der Waals surface area contributed by atoms with Gasteiger partial charge in [-0.3, -0.25) is 4.79 Å². The summed E-state index contributed by atoms with van der Waals surface area (Å²) < 4.78 is 1.24. The molecule has 0 saturated heterocycles. The Hall–Kier alpha value is -3.67. The van der Waals surface area contributed by atoms with E-state index in [1.165, 1.54) is 16.7 Å². The molecule has 30 heavy (non-hydrogen) atoms. The highest BCUT2D eigenvalue weighted by molar-refractivity contribution is 5.85. The second-order valence-corrected chi connectivity index (χ2v) is 7.54. The number of aromatic hydroxyl groups is 1. The van der Waals surface area contributed by atoms with Crippen molar-refractivity contribution in [3.05, 3.63) is 81.8 Å². The molecule has 1 heterocycles. The largest absolute Gasteiger partial charge is 0.503 e. The fourth-order valence-corrected chi connectivity index (χ4v) is 3.90. The van der Waals surface area contributed by atoms with Crippen LogP contribution in [0.3, 0.4) is 0 Å². The Morgan fingerprint density at radius 3 is 2.80 bits per heavy atom. The zero-order valence-electron chi connectivity index (χ0n) is 16.6. The van der Waals surface area contributed by atoms with E-state index in [1.807, 2.05) is 18.2 Å². The summed E-state index contributed by atoms with van der Waals surface area (Å²) in [6, 6.07) is 13.7. The molecule has 1 aromatic heterocycles. The fraction of sp³-hybridized carbons (Fsp3) is 0.208. The van der Waals surface area contributed by atoms with Crippen LogP contribution in [0.1, 0.15) is 53.7 Å². The van der Waals surface area contributed by atoms with Crippen molar-refractivity contribution in [3.8, 4) is 22.6 Å². The Morgan fingerprint density at radius 1 is 1.20 bits per heavy atom. The van der Waals surface area contributed by atoms with E-state index in [9.17, 15) is 19.8 Å². The lowest BCUT2D eigenvalue weighted by molar-refractivity contribution is 0.0686. The van der Waals surface area contributed by atoms with Crippen molar-refractivity contribution in [2.24, 2.45) is 0 Å². The van der Waals surface area contributed by atoms with E-state index < -0.39 is 22.8 Å². The second-order valence-electron chi connectivity index (χ2n) is 7.54. The molecule has 6 heteroatoms. The van der Waals surface area contributed by atoms with Crippen LogP contribution in [0.25, 0.3) is 22.9 Å². The van der Waals surface area contributed by atoms with Crippen LogP contribution in [-0.4, -0.2) is 26.0 Å². The minimum absolute atomic E-state index is 0.477. The van der Waals surface area contributed by atoms with Crippen molar-refractivity contribution in [2.75, 3.05) is 0 Å². The summed E-state index contributed by atoms with van der Waals surface area (Å²) in [4.78, 5) is 23.3.